The largest absolute Gasteiger partial charge is 0.394 e. The number of aliphatic hydroxyl groups is 1. The van der Waals surface area contributed by atoms with Crippen molar-refractivity contribution in [1.82, 2.24) is 9.97 Å². The summed E-state index contributed by atoms with van der Waals surface area (Å²) >= 11 is 0. The molecule has 1 fully saturated rings. The molecule has 1 aliphatic carbocycles. The fraction of sp³-hybridized carbons (Fsp3) is 0.727. The van der Waals surface area contributed by atoms with Gasteiger partial charge in [-0.1, -0.05) is 19.3 Å². The minimum Gasteiger partial charge on any atom is -0.394 e. The summed E-state index contributed by atoms with van der Waals surface area (Å²) in [6.45, 7) is -0.0579. The molecule has 1 aromatic heterocycles. The van der Waals surface area contributed by atoms with Crippen molar-refractivity contribution in [3.05, 3.63) is 17.7 Å². The first-order valence-corrected chi connectivity index (χ1v) is 5.72. The van der Waals surface area contributed by atoms with Gasteiger partial charge in [-0.05, 0) is 12.8 Å². The number of hydrogen-bond donors (Lipinski definition) is 3. The van der Waals surface area contributed by atoms with Gasteiger partial charge in [-0.15, -0.1) is 0 Å². The summed E-state index contributed by atoms with van der Waals surface area (Å²) in [5.41, 5.74) is 6.88. The van der Waals surface area contributed by atoms with Gasteiger partial charge in [-0.2, -0.15) is 0 Å². The quantitative estimate of drug-likeness (QED) is 0.705. The molecular weight excluding hydrogens is 190 g/mol. The lowest BCUT2D eigenvalue weighted by atomic mass is 9.87. The summed E-state index contributed by atoms with van der Waals surface area (Å²) in [6, 6.07) is -0.373. The first kappa shape index (κ1) is 10.6. The van der Waals surface area contributed by atoms with E-state index in [1.807, 2.05) is 6.20 Å². The third kappa shape index (κ3) is 2.38. The molecule has 1 saturated carbocycles. The average Bonchev–Trinajstić information content (AvgIpc) is 2.78. The van der Waals surface area contributed by atoms with E-state index in [1.54, 1.807) is 0 Å². The predicted octanol–water partition coefficient (Wildman–Crippen LogP) is 1.45. The normalized spacial score (nSPS) is 20.4. The van der Waals surface area contributed by atoms with Crippen LogP contribution < -0.4 is 5.73 Å². The zero-order valence-electron chi connectivity index (χ0n) is 8.95. The molecular formula is C11H19N3O. The van der Waals surface area contributed by atoms with Gasteiger partial charge in [-0.25, -0.2) is 4.98 Å². The van der Waals surface area contributed by atoms with Gasteiger partial charge in [0.05, 0.1) is 12.6 Å². The molecule has 1 unspecified atom stereocenters. The SMILES string of the molecule is NC(CO)c1ncc(C2CCCCC2)[nH]1. The Balaban J connectivity index is 2.05. The monoisotopic (exact) mass is 209 g/mol. The molecule has 0 amide bonds. The van der Waals surface area contributed by atoms with E-state index in [9.17, 15) is 0 Å². The Kier molecular flexibility index (Phi) is 3.38. The number of hydrogen-bond acceptors (Lipinski definition) is 3. The van der Waals surface area contributed by atoms with Crippen LogP contribution in [-0.4, -0.2) is 21.7 Å². The van der Waals surface area contributed by atoms with Crippen molar-refractivity contribution in [3.8, 4) is 0 Å². The van der Waals surface area contributed by atoms with Crippen LogP contribution in [0.5, 0.6) is 0 Å². The second-order valence-electron chi connectivity index (χ2n) is 4.35. The first-order chi connectivity index (χ1) is 7.31. The minimum atomic E-state index is -0.373. The molecule has 0 bridgehead atoms. The highest BCUT2D eigenvalue weighted by molar-refractivity contribution is 5.10. The van der Waals surface area contributed by atoms with Crippen LogP contribution in [0, 0.1) is 0 Å². The van der Waals surface area contributed by atoms with Gasteiger partial charge in [0, 0.05) is 17.8 Å². The Morgan fingerprint density at radius 1 is 1.47 bits per heavy atom. The van der Waals surface area contributed by atoms with Crippen molar-refractivity contribution in [3.63, 3.8) is 0 Å². The van der Waals surface area contributed by atoms with E-state index in [4.69, 9.17) is 10.8 Å². The molecule has 4 heteroatoms. The Morgan fingerprint density at radius 2 is 2.20 bits per heavy atom. The molecule has 4 nitrogen and oxygen atoms in total. The molecule has 1 heterocycles. The van der Waals surface area contributed by atoms with Crippen molar-refractivity contribution in [2.75, 3.05) is 6.61 Å². The Morgan fingerprint density at radius 3 is 2.87 bits per heavy atom. The summed E-state index contributed by atoms with van der Waals surface area (Å²) in [6.07, 6.45) is 8.34. The lowest BCUT2D eigenvalue weighted by molar-refractivity contribution is 0.264. The molecule has 84 valence electrons. The predicted molar refractivity (Wildman–Crippen MR) is 58.4 cm³/mol. The molecule has 1 aliphatic rings. The first-order valence-electron chi connectivity index (χ1n) is 5.72. The van der Waals surface area contributed by atoms with Crippen LogP contribution in [0.2, 0.25) is 0 Å². The Hall–Kier alpha value is -0.870. The van der Waals surface area contributed by atoms with E-state index >= 15 is 0 Å². The maximum absolute atomic E-state index is 8.92. The van der Waals surface area contributed by atoms with Gasteiger partial charge in [0.2, 0.25) is 0 Å². The number of rotatable bonds is 3. The van der Waals surface area contributed by atoms with Crippen LogP contribution in [0.15, 0.2) is 6.20 Å². The molecule has 1 aromatic rings. The second kappa shape index (κ2) is 4.77. The summed E-state index contributed by atoms with van der Waals surface area (Å²) in [5, 5.41) is 8.92. The third-order valence-corrected chi connectivity index (χ3v) is 3.21. The van der Waals surface area contributed by atoms with Crippen LogP contribution in [-0.2, 0) is 0 Å². The highest BCUT2D eigenvalue weighted by atomic mass is 16.3. The number of H-pyrrole nitrogens is 1. The van der Waals surface area contributed by atoms with E-state index in [2.05, 4.69) is 9.97 Å². The molecule has 0 radical (unpaired) electrons. The lowest BCUT2D eigenvalue weighted by Crippen LogP contribution is -2.16. The summed E-state index contributed by atoms with van der Waals surface area (Å²) in [7, 11) is 0. The third-order valence-electron chi connectivity index (χ3n) is 3.21. The fourth-order valence-electron chi connectivity index (χ4n) is 2.25. The number of aromatic nitrogens is 2. The van der Waals surface area contributed by atoms with Gasteiger partial charge < -0.3 is 15.8 Å². The second-order valence-corrected chi connectivity index (χ2v) is 4.35. The van der Waals surface area contributed by atoms with E-state index < -0.39 is 0 Å². The molecule has 2 rings (SSSR count). The van der Waals surface area contributed by atoms with Crippen molar-refractivity contribution >= 4 is 0 Å². The smallest absolute Gasteiger partial charge is 0.125 e. The molecule has 15 heavy (non-hydrogen) atoms. The zero-order valence-corrected chi connectivity index (χ0v) is 8.95. The highest BCUT2D eigenvalue weighted by Crippen LogP contribution is 2.31. The Bertz CT molecular complexity index is 305. The van der Waals surface area contributed by atoms with Crippen LogP contribution in [0.25, 0.3) is 0 Å². The van der Waals surface area contributed by atoms with Crippen molar-refractivity contribution in [2.24, 2.45) is 5.73 Å². The zero-order chi connectivity index (χ0) is 10.7. The van der Waals surface area contributed by atoms with E-state index in [1.165, 1.54) is 37.8 Å². The molecule has 0 saturated heterocycles. The number of nitrogens with zero attached hydrogens (tertiary/aromatic N) is 1. The minimum absolute atomic E-state index is 0.0579. The van der Waals surface area contributed by atoms with Gasteiger partial charge in [0.25, 0.3) is 0 Å². The number of aliphatic hydroxyl groups excluding tert-OH is 1. The van der Waals surface area contributed by atoms with Crippen LogP contribution in [0.4, 0.5) is 0 Å². The topological polar surface area (TPSA) is 74.9 Å². The summed E-state index contributed by atoms with van der Waals surface area (Å²) in [4.78, 5) is 7.46. The molecule has 0 spiro atoms. The fourth-order valence-corrected chi connectivity index (χ4v) is 2.25. The van der Waals surface area contributed by atoms with Crippen molar-refractivity contribution < 1.29 is 5.11 Å². The maximum atomic E-state index is 8.92. The Labute approximate surface area is 89.9 Å². The molecule has 4 N–H and O–H groups in total. The molecule has 1 atom stereocenters. The van der Waals surface area contributed by atoms with Gasteiger partial charge in [0.1, 0.15) is 5.82 Å². The standard InChI is InChI=1S/C11H19N3O/c12-9(7-15)11-13-6-10(14-11)8-4-2-1-3-5-8/h6,8-9,15H,1-5,7,12H2,(H,13,14). The lowest BCUT2D eigenvalue weighted by Gasteiger charge is -2.19. The summed E-state index contributed by atoms with van der Waals surface area (Å²) in [5.74, 6) is 1.32. The van der Waals surface area contributed by atoms with E-state index in [-0.39, 0.29) is 12.6 Å². The summed E-state index contributed by atoms with van der Waals surface area (Å²) < 4.78 is 0. The van der Waals surface area contributed by atoms with Crippen LogP contribution in [0.1, 0.15) is 55.6 Å². The van der Waals surface area contributed by atoms with E-state index in [0.29, 0.717) is 11.7 Å². The number of aromatic amines is 1. The number of imidazole rings is 1. The number of nitrogens with one attached hydrogen (secondary N) is 1. The van der Waals surface area contributed by atoms with E-state index in [0.717, 1.165) is 0 Å². The number of nitrogens with two attached hydrogens (primary N) is 1. The van der Waals surface area contributed by atoms with Crippen molar-refractivity contribution in [2.45, 2.75) is 44.1 Å². The maximum Gasteiger partial charge on any atom is 0.125 e. The van der Waals surface area contributed by atoms with Gasteiger partial charge in [-0.3, -0.25) is 0 Å². The van der Waals surface area contributed by atoms with Gasteiger partial charge in [0.15, 0.2) is 0 Å². The van der Waals surface area contributed by atoms with Crippen LogP contribution in [0.3, 0.4) is 0 Å². The molecule has 0 aromatic carbocycles. The van der Waals surface area contributed by atoms with Gasteiger partial charge >= 0.3 is 0 Å². The molecule has 0 aliphatic heterocycles. The van der Waals surface area contributed by atoms with Crippen molar-refractivity contribution in [1.29, 1.82) is 0 Å². The average molecular weight is 209 g/mol. The highest BCUT2D eigenvalue weighted by Gasteiger charge is 2.18. The van der Waals surface area contributed by atoms with Crippen LogP contribution >= 0.6 is 0 Å².